The smallest absolute Gasteiger partial charge is 0.122 e. The molecule has 0 radical (unpaired) electrons. The average molecular weight is 238 g/mol. The van der Waals surface area contributed by atoms with Crippen LogP contribution in [0, 0.1) is 0 Å². The summed E-state index contributed by atoms with van der Waals surface area (Å²) in [5.41, 5.74) is 2.88. The van der Waals surface area contributed by atoms with E-state index >= 15 is 0 Å². The van der Waals surface area contributed by atoms with Crippen molar-refractivity contribution in [3.8, 4) is 5.75 Å². The molecule has 0 saturated carbocycles. The van der Waals surface area contributed by atoms with Crippen LogP contribution in [0.3, 0.4) is 0 Å². The minimum atomic E-state index is 0.657. The van der Waals surface area contributed by atoms with Gasteiger partial charge in [-0.05, 0) is 35.1 Å². The summed E-state index contributed by atoms with van der Waals surface area (Å²) in [4.78, 5) is 0. The van der Waals surface area contributed by atoms with Crippen LogP contribution in [0.15, 0.2) is 18.2 Å². The highest BCUT2D eigenvalue weighted by Crippen LogP contribution is 2.44. The predicted molar refractivity (Wildman–Crippen MR) is 67.9 cm³/mol. The van der Waals surface area contributed by atoms with Gasteiger partial charge in [0.25, 0.3) is 0 Å². The van der Waals surface area contributed by atoms with Crippen LogP contribution < -0.4 is 4.74 Å². The van der Waals surface area contributed by atoms with E-state index in [-0.39, 0.29) is 0 Å². The Morgan fingerprint density at radius 2 is 2.07 bits per heavy atom. The maximum absolute atomic E-state index is 5.53. The minimum Gasteiger partial charge on any atom is -0.493 e. The zero-order chi connectivity index (χ0) is 10.1. The van der Waals surface area contributed by atoms with Crippen LogP contribution in [0.25, 0.3) is 0 Å². The zero-order valence-electron chi connectivity index (χ0n) is 8.57. The Bertz CT molecular complexity index is 359. The molecule has 0 unspecified atom stereocenters. The van der Waals surface area contributed by atoms with E-state index < -0.39 is 0 Å². The monoisotopic (exact) mass is 238 g/mol. The van der Waals surface area contributed by atoms with E-state index in [0.29, 0.717) is 4.58 Å². The molecular weight excluding hydrogens is 224 g/mol. The molecule has 2 heterocycles. The second-order valence-corrected chi connectivity index (χ2v) is 6.62. The number of hydrogen-bond acceptors (Lipinski definition) is 3. The first-order chi connectivity index (χ1) is 7.43. The highest BCUT2D eigenvalue weighted by molar-refractivity contribution is 8.16. The molecule has 0 aliphatic carbocycles. The third-order valence-corrected chi connectivity index (χ3v) is 5.83. The van der Waals surface area contributed by atoms with Crippen LogP contribution in [-0.4, -0.2) is 18.1 Å². The average Bonchev–Trinajstić information content (AvgIpc) is 2.77. The van der Waals surface area contributed by atoms with Crippen LogP contribution in [0.5, 0.6) is 5.75 Å². The van der Waals surface area contributed by atoms with Gasteiger partial charge in [0.05, 0.1) is 11.2 Å². The van der Waals surface area contributed by atoms with Crippen molar-refractivity contribution < 1.29 is 4.74 Å². The third-order valence-electron chi connectivity index (χ3n) is 2.81. The quantitative estimate of drug-likeness (QED) is 0.741. The minimum absolute atomic E-state index is 0.657. The highest BCUT2D eigenvalue weighted by atomic mass is 32.2. The first-order valence-electron chi connectivity index (χ1n) is 5.42. The van der Waals surface area contributed by atoms with Crippen molar-refractivity contribution in [2.75, 3.05) is 18.1 Å². The normalized spacial score (nSPS) is 21.1. The van der Waals surface area contributed by atoms with Gasteiger partial charge in [-0.2, -0.15) is 0 Å². The zero-order valence-corrected chi connectivity index (χ0v) is 10.2. The van der Waals surface area contributed by atoms with Gasteiger partial charge >= 0.3 is 0 Å². The van der Waals surface area contributed by atoms with E-state index in [0.717, 1.165) is 18.8 Å². The summed E-state index contributed by atoms with van der Waals surface area (Å²) < 4.78 is 6.18. The van der Waals surface area contributed by atoms with E-state index in [1.165, 1.54) is 29.1 Å². The molecule has 0 atom stereocenters. The SMILES string of the molecule is c1cc2c(cc1C1SCCCS1)CCO2. The van der Waals surface area contributed by atoms with E-state index in [2.05, 4.69) is 41.7 Å². The lowest BCUT2D eigenvalue weighted by Crippen LogP contribution is -2.00. The molecule has 3 heteroatoms. The molecule has 80 valence electrons. The summed E-state index contributed by atoms with van der Waals surface area (Å²) in [6.07, 6.45) is 2.45. The lowest BCUT2D eigenvalue weighted by atomic mass is 10.1. The maximum Gasteiger partial charge on any atom is 0.122 e. The van der Waals surface area contributed by atoms with Crippen molar-refractivity contribution >= 4 is 23.5 Å². The molecule has 1 saturated heterocycles. The molecule has 1 aromatic carbocycles. The molecule has 1 nitrogen and oxygen atoms in total. The molecule has 0 N–H and O–H groups in total. The standard InChI is InChI=1S/C12H14OS2/c1-6-14-12(15-7-1)10-2-3-11-9(8-10)4-5-13-11/h2-3,8,12H,1,4-7H2. The molecular formula is C12H14OS2. The van der Waals surface area contributed by atoms with Gasteiger partial charge in [-0.3, -0.25) is 0 Å². The molecule has 0 spiro atoms. The van der Waals surface area contributed by atoms with Crippen LogP contribution in [0.2, 0.25) is 0 Å². The number of rotatable bonds is 1. The molecule has 1 aromatic rings. The second kappa shape index (κ2) is 4.30. The Morgan fingerprint density at radius 3 is 2.93 bits per heavy atom. The van der Waals surface area contributed by atoms with Gasteiger partial charge in [0.1, 0.15) is 5.75 Å². The number of fused-ring (bicyclic) bond motifs is 1. The Morgan fingerprint density at radius 1 is 1.20 bits per heavy atom. The van der Waals surface area contributed by atoms with Crippen molar-refractivity contribution in [1.29, 1.82) is 0 Å². The van der Waals surface area contributed by atoms with E-state index in [1.54, 1.807) is 0 Å². The summed E-state index contributed by atoms with van der Waals surface area (Å²) >= 11 is 4.17. The van der Waals surface area contributed by atoms with Crippen molar-refractivity contribution in [2.24, 2.45) is 0 Å². The molecule has 0 aromatic heterocycles. The number of hydrogen-bond donors (Lipinski definition) is 0. The molecule has 3 rings (SSSR count). The Labute approximate surface area is 99.0 Å². The largest absolute Gasteiger partial charge is 0.493 e. The Balaban J connectivity index is 1.85. The van der Waals surface area contributed by atoms with Gasteiger partial charge < -0.3 is 4.74 Å². The van der Waals surface area contributed by atoms with Gasteiger partial charge in [0.15, 0.2) is 0 Å². The van der Waals surface area contributed by atoms with Gasteiger partial charge in [0.2, 0.25) is 0 Å². The maximum atomic E-state index is 5.53. The summed E-state index contributed by atoms with van der Waals surface area (Å²) in [7, 11) is 0. The first-order valence-corrected chi connectivity index (χ1v) is 7.52. The lowest BCUT2D eigenvalue weighted by Gasteiger charge is -2.21. The summed E-state index contributed by atoms with van der Waals surface area (Å²) in [5.74, 6) is 3.72. The number of ether oxygens (including phenoxy) is 1. The van der Waals surface area contributed by atoms with Gasteiger partial charge in [0, 0.05) is 6.42 Å². The molecule has 1 fully saturated rings. The first kappa shape index (κ1) is 9.91. The van der Waals surface area contributed by atoms with E-state index in [4.69, 9.17) is 4.74 Å². The van der Waals surface area contributed by atoms with Crippen molar-refractivity contribution in [1.82, 2.24) is 0 Å². The molecule has 15 heavy (non-hydrogen) atoms. The van der Waals surface area contributed by atoms with Gasteiger partial charge in [-0.15, -0.1) is 23.5 Å². The summed E-state index contributed by atoms with van der Waals surface area (Å²) in [6, 6.07) is 6.73. The van der Waals surface area contributed by atoms with Crippen molar-refractivity contribution in [3.63, 3.8) is 0 Å². The highest BCUT2D eigenvalue weighted by Gasteiger charge is 2.19. The van der Waals surface area contributed by atoms with E-state index in [9.17, 15) is 0 Å². The summed E-state index contributed by atoms with van der Waals surface area (Å²) in [5, 5.41) is 0. The topological polar surface area (TPSA) is 9.23 Å². The lowest BCUT2D eigenvalue weighted by molar-refractivity contribution is 0.357. The van der Waals surface area contributed by atoms with Gasteiger partial charge in [-0.1, -0.05) is 12.1 Å². The fourth-order valence-electron chi connectivity index (χ4n) is 2.03. The number of benzene rings is 1. The molecule has 2 aliphatic rings. The Hall–Kier alpha value is -0.280. The fraction of sp³-hybridized carbons (Fsp3) is 0.500. The second-order valence-electron chi connectivity index (χ2n) is 3.89. The van der Waals surface area contributed by atoms with Crippen LogP contribution in [-0.2, 0) is 6.42 Å². The Kier molecular flexibility index (Phi) is 2.84. The predicted octanol–water partition coefficient (Wildman–Crippen LogP) is 3.49. The van der Waals surface area contributed by atoms with Crippen LogP contribution >= 0.6 is 23.5 Å². The van der Waals surface area contributed by atoms with Crippen molar-refractivity contribution in [2.45, 2.75) is 17.4 Å². The van der Waals surface area contributed by atoms with Crippen LogP contribution in [0.1, 0.15) is 22.1 Å². The fourth-order valence-corrected chi connectivity index (χ4v) is 4.91. The molecule has 0 amide bonds. The molecule has 2 aliphatic heterocycles. The van der Waals surface area contributed by atoms with E-state index in [1.807, 2.05) is 0 Å². The van der Waals surface area contributed by atoms with Crippen molar-refractivity contribution in [3.05, 3.63) is 29.3 Å². The third kappa shape index (κ3) is 2.00. The molecule has 0 bridgehead atoms. The van der Waals surface area contributed by atoms with Crippen LogP contribution in [0.4, 0.5) is 0 Å². The van der Waals surface area contributed by atoms with Gasteiger partial charge in [-0.25, -0.2) is 0 Å². The number of thioether (sulfide) groups is 2. The summed E-state index contributed by atoms with van der Waals surface area (Å²) in [6.45, 7) is 0.865.